The summed E-state index contributed by atoms with van der Waals surface area (Å²) in [5, 5.41) is 0. The third-order valence-electron chi connectivity index (χ3n) is 2.90. The van der Waals surface area contributed by atoms with Gasteiger partial charge >= 0.3 is 0 Å². The van der Waals surface area contributed by atoms with E-state index in [4.69, 9.17) is 0 Å². The van der Waals surface area contributed by atoms with Gasteiger partial charge in [-0.05, 0) is 23.6 Å². The maximum Gasteiger partial charge on any atom is 0.243 e. The van der Waals surface area contributed by atoms with Crippen molar-refractivity contribution in [2.24, 2.45) is 0 Å². The summed E-state index contributed by atoms with van der Waals surface area (Å²) in [7, 11) is -3.27. The monoisotopic (exact) mass is 271 g/mol. The topological polar surface area (TPSA) is 37.4 Å². The van der Waals surface area contributed by atoms with Gasteiger partial charge in [0.05, 0.1) is 10.8 Å². The van der Waals surface area contributed by atoms with Crippen molar-refractivity contribution in [3.05, 3.63) is 29.8 Å². The standard InChI is InChI=1S/C12H17NO2S2/c1-10(2)11-3-5-12(6-4-11)17(14,15)13-7-8-16-9-13/h3-6,10H,7-9H2,1-2H3. The molecule has 0 radical (unpaired) electrons. The minimum atomic E-state index is -3.27. The van der Waals surface area contributed by atoms with Gasteiger partial charge in [-0.2, -0.15) is 4.31 Å². The molecule has 1 fully saturated rings. The molecule has 0 N–H and O–H groups in total. The van der Waals surface area contributed by atoms with Crippen LogP contribution in [0.5, 0.6) is 0 Å². The fourth-order valence-corrected chi connectivity index (χ4v) is 4.58. The predicted molar refractivity (Wildman–Crippen MR) is 71.7 cm³/mol. The Morgan fingerprint density at radius 3 is 2.35 bits per heavy atom. The molecule has 1 saturated heterocycles. The molecule has 0 spiro atoms. The Hall–Kier alpha value is -0.520. The Morgan fingerprint density at radius 2 is 1.88 bits per heavy atom. The van der Waals surface area contributed by atoms with Crippen molar-refractivity contribution in [3.63, 3.8) is 0 Å². The molecule has 5 heteroatoms. The normalized spacial score (nSPS) is 17.8. The van der Waals surface area contributed by atoms with Gasteiger partial charge in [-0.1, -0.05) is 26.0 Å². The van der Waals surface area contributed by atoms with Crippen molar-refractivity contribution in [1.82, 2.24) is 4.31 Å². The lowest BCUT2D eigenvalue weighted by Crippen LogP contribution is -2.27. The van der Waals surface area contributed by atoms with Crippen LogP contribution in [0.25, 0.3) is 0 Å². The van der Waals surface area contributed by atoms with Gasteiger partial charge in [-0.3, -0.25) is 0 Å². The first-order chi connectivity index (χ1) is 8.01. The lowest BCUT2D eigenvalue weighted by molar-refractivity contribution is 0.489. The van der Waals surface area contributed by atoms with E-state index < -0.39 is 10.0 Å². The molecule has 0 aliphatic carbocycles. The molecule has 1 heterocycles. The second kappa shape index (κ2) is 5.00. The Balaban J connectivity index is 2.27. The Kier molecular flexibility index (Phi) is 3.80. The van der Waals surface area contributed by atoms with E-state index in [2.05, 4.69) is 13.8 Å². The van der Waals surface area contributed by atoms with E-state index in [1.54, 1.807) is 28.2 Å². The van der Waals surface area contributed by atoms with Crippen LogP contribution in [0.3, 0.4) is 0 Å². The molecule has 1 aromatic carbocycles. The highest BCUT2D eigenvalue weighted by molar-refractivity contribution is 8.00. The summed E-state index contributed by atoms with van der Waals surface area (Å²) in [6.45, 7) is 4.82. The molecule has 1 aliphatic heterocycles. The second-order valence-corrected chi connectivity index (χ2v) is 7.45. The quantitative estimate of drug-likeness (QED) is 0.847. The van der Waals surface area contributed by atoms with Gasteiger partial charge in [0.15, 0.2) is 0 Å². The van der Waals surface area contributed by atoms with Crippen molar-refractivity contribution in [3.8, 4) is 0 Å². The molecular formula is C12H17NO2S2. The molecule has 1 aromatic rings. The van der Waals surface area contributed by atoms with Crippen molar-refractivity contribution < 1.29 is 8.42 Å². The highest BCUT2D eigenvalue weighted by Gasteiger charge is 2.27. The average molecular weight is 271 g/mol. The van der Waals surface area contributed by atoms with Crippen LogP contribution < -0.4 is 0 Å². The molecule has 0 bridgehead atoms. The molecule has 0 saturated carbocycles. The highest BCUT2D eigenvalue weighted by Crippen LogP contribution is 2.24. The van der Waals surface area contributed by atoms with E-state index in [1.807, 2.05) is 12.1 Å². The SMILES string of the molecule is CC(C)c1ccc(S(=O)(=O)N2CCSC2)cc1. The van der Waals surface area contributed by atoms with Crippen molar-refractivity contribution in [1.29, 1.82) is 0 Å². The molecule has 1 aliphatic rings. The van der Waals surface area contributed by atoms with Crippen LogP contribution in [-0.2, 0) is 10.0 Å². The average Bonchev–Trinajstić information content (AvgIpc) is 2.83. The summed E-state index contributed by atoms with van der Waals surface area (Å²) >= 11 is 1.66. The minimum Gasteiger partial charge on any atom is -0.207 e. The molecule has 3 nitrogen and oxygen atoms in total. The molecule has 94 valence electrons. The number of benzene rings is 1. The van der Waals surface area contributed by atoms with Crippen molar-refractivity contribution >= 4 is 21.8 Å². The predicted octanol–water partition coefficient (Wildman–Crippen LogP) is 2.51. The third-order valence-corrected chi connectivity index (χ3v) is 5.89. The fourth-order valence-electron chi connectivity index (χ4n) is 1.76. The van der Waals surface area contributed by atoms with Gasteiger partial charge < -0.3 is 0 Å². The number of hydrogen-bond acceptors (Lipinski definition) is 3. The maximum atomic E-state index is 12.2. The Labute approximate surface area is 107 Å². The first kappa shape index (κ1) is 12.9. The molecule has 0 amide bonds. The van der Waals surface area contributed by atoms with Gasteiger partial charge in [0.1, 0.15) is 0 Å². The molecule has 2 rings (SSSR count). The van der Waals surface area contributed by atoms with E-state index in [-0.39, 0.29) is 0 Å². The Bertz CT molecular complexity index is 474. The largest absolute Gasteiger partial charge is 0.243 e. The van der Waals surface area contributed by atoms with Crippen LogP contribution in [0.15, 0.2) is 29.2 Å². The van der Waals surface area contributed by atoms with Gasteiger partial charge in [-0.25, -0.2) is 8.42 Å². The van der Waals surface area contributed by atoms with E-state index >= 15 is 0 Å². The molecule has 0 aromatic heterocycles. The first-order valence-corrected chi connectivity index (χ1v) is 8.29. The summed E-state index contributed by atoms with van der Waals surface area (Å²) < 4.78 is 26.0. The number of nitrogens with zero attached hydrogens (tertiary/aromatic N) is 1. The lowest BCUT2D eigenvalue weighted by Gasteiger charge is -2.15. The van der Waals surface area contributed by atoms with E-state index in [1.165, 1.54) is 5.56 Å². The lowest BCUT2D eigenvalue weighted by atomic mass is 10.0. The van der Waals surface area contributed by atoms with Crippen molar-refractivity contribution in [2.75, 3.05) is 18.2 Å². The molecular weight excluding hydrogens is 254 g/mol. The summed E-state index contributed by atoms with van der Waals surface area (Å²) in [5.74, 6) is 1.89. The van der Waals surface area contributed by atoms with Crippen LogP contribution in [0.1, 0.15) is 25.3 Å². The molecule has 17 heavy (non-hydrogen) atoms. The summed E-state index contributed by atoms with van der Waals surface area (Å²) in [6.07, 6.45) is 0. The Morgan fingerprint density at radius 1 is 1.24 bits per heavy atom. The van der Waals surface area contributed by atoms with Crippen LogP contribution in [0, 0.1) is 0 Å². The maximum absolute atomic E-state index is 12.2. The smallest absolute Gasteiger partial charge is 0.207 e. The summed E-state index contributed by atoms with van der Waals surface area (Å²) in [5.41, 5.74) is 1.17. The molecule has 0 unspecified atom stereocenters. The van der Waals surface area contributed by atoms with Gasteiger partial charge in [0.25, 0.3) is 0 Å². The number of hydrogen-bond donors (Lipinski definition) is 0. The van der Waals surface area contributed by atoms with Gasteiger partial charge in [0.2, 0.25) is 10.0 Å². The van der Waals surface area contributed by atoms with Crippen LogP contribution in [0.4, 0.5) is 0 Å². The fraction of sp³-hybridized carbons (Fsp3) is 0.500. The zero-order chi connectivity index (χ0) is 12.5. The highest BCUT2D eigenvalue weighted by atomic mass is 32.2. The molecule has 0 atom stereocenters. The van der Waals surface area contributed by atoms with E-state index in [9.17, 15) is 8.42 Å². The van der Waals surface area contributed by atoms with E-state index in [0.717, 1.165) is 5.75 Å². The first-order valence-electron chi connectivity index (χ1n) is 5.69. The van der Waals surface area contributed by atoms with Crippen LogP contribution >= 0.6 is 11.8 Å². The zero-order valence-corrected chi connectivity index (χ0v) is 11.7. The number of rotatable bonds is 3. The minimum absolute atomic E-state index is 0.407. The van der Waals surface area contributed by atoms with Gasteiger partial charge in [-0.15, -0.1) is 11.8 Å². The number of sulfonamides is 1. The van der Waals surface area contributed by atoms with E-state index in [0.29, 0.717) is 23.2 Å². The second-order valence-electron chi connectivity index (χ2n) is 4.44. The summed E-state index contributed by atoms with van der Waals surface area (Å²) in [4.78, 5) is 0.407. The van der Waals surface area contributed by atoms with Crippen molar-refractivity contribution in [2.45, 2.75) is 24.7 Å². The van der Waals surface area contributed by atoms with Crippen LogP contribution in [0.2, 0.25) is 0 Å². The third kappa shape index (κ3) is 2.67. The number of thioether (sulfide) groups is 1. The summed E-state index contributed by atoms with van der Waals surface area (Å²) in [6, 6.07) is 7.24. The van der Waals surface area contributed by atoms with Gasteiger partial charge in [0, 0.05) is 12.3 Å². The zero-order valence-electron chi connectivity index (χ0n) is 10.1. The van der Waals surface area contributed by atoms with Crippen LogP contribution in [-0.4, -0.2) is 30.9 Å².